The minimum Gasteiger partial charge on any atom is -0.452 e. The van der Waals surface area contributed by atoms with Crippen molar-refractivity contribution in [2.75, 3.05) is 16.8 Å². The molecule has 1 saturated carbocycles. The Morgan fingerprint density at radius 1 is 1.06 bits per heavy atom. The van der Waals surface area contributed by atoms with E-state index in [1.807, 2.05) is 26.8 Å². The molecule has 2 aromatic carbocycles. The SMILES string of the molecule is CC1=C[C@H]2C[C@H]1[C@@H]1C(=O)N(c3cccc(C(=O)OCC(=O)Nc4ccc(Br)c(C)c4C)c3)C(=O)[C@@H]12. The summed E-state index contributed by atoms with van der Waals surface area (Å²) in [6.07, 6.45) is 2.98. The van der Waals surface area contributed by atoms with Gasteiger partial charge < -0.3 is 10.1 Å². The van der Waals surface area contributed by atoms with E-state index in [-0.39, 0.29) is 41.0 Å². The van der Waals surface area contributed by atoms with Crippen molar-refractivity contribution in [3.63, 3.8) is 0 Å². The van der Waals surface area contributed by atoms with Crippen LogP contribution in [0.4, 0.5) is 11.4 Å². The summed E-state index contributed by atoms with van der Waals surface area (Å²) in [5.74, 6) is -1.99. The minimum absolute atomic E-state index is 0.108. The second-order valence-electron chi connectivity index (χ2n) is 9.50. The number of benzene rings is 2. The number of anilines is 2. The highest BCUT2D eigenvalue weighted by Crippen LogP contribution is 2.55. The normalized spacial score (nSPS) is 24.5. The molecule has 1 N–H and O–H groups in total. The van der Waals surface area contributed by atoms with E-state index in [4.69, 9.17) is 4.74 Å². The zero-order valence-corrected chi connectivity index (χ0v) is 21.2. The summed E-state index contributed by atoms with van der Waals surface area (Å²) in [7, 11) is 0. The van der Waals surface area contributed by atoms with Gasteiger partial charge in [-0.05, 0) is 80.5 Å². The number of hydrogen-bond acceptors (Lipinski definition) is 5. The molecule has 0 unspecified atom stereocenters. The highest BCUT2D eigenvalue weighted by atomic mass is 79.9. The highest BCUT2D eigenvalue weighted by Gasteiger charge is 2.60. The summed E-state index contributed by atoms with van der Waals surface area (Å²) in [6, 6.07) is 9.87. The number of hydrogen-bond donors (Lipinski definition) is 1. The molecular weight excluding hydrogens is 512 g/mol. The molecule has 1 aliphatic heterocycles. The van der Waals surface area contributed by atoms with Gasteiger partial charge >= 0.3 is 5.97 Å². The van der Waals surface area contributed by atoms with E-state index >= 15 is 0 Å². The van der Waals surface area contributed by atoms with Gasteiger partial charge in [-0.3, -0.25) is 14.4 Å². The van der Waals surface area contributed by atoms with E-state index in [1.54, 1.807) is 18.2 Å². The lowest BCUT2D eigenvalue weighted by molar-refractivity contribution is -0.123. The van der Waals surface area contributed by atoms with Crippen LogP contribution in [0.1, 0.15) is 34.8 Å². The maximum absolute atomic E-state index is 13.2. The summed E-state index contributed by atoms with van der Waals surface area (Å²) in [5.41, 5.74) is 4.26. The molecule has 2 aliphatic carbocycles. The molecule has 3 amide bonds. The molecular formula is C27H25BrN2O5. The third kappa shape index (κ3) is 3.89. The number of nitrogens with zero attached hydrogens (tertiary/aromatic N) is 1. The monoisotopic (exact) mass is 536 g/mol. The van der Waals surface area contributed by atoms with Gasteiger partial charge in [0, 0.05) is 10.2 Å². The fourth-order valence-electron chi connectivity index (χ4n) is 5.62. The van der Waals surface area contributed by atoms with Gasteiger partial charge in [-0.2, -0.15) is 0 Å². The smallest absolute Gasteiger partial charge is 0.338 e. The predicted octanol–water partition coefficient (Wildman–Crippen LogP) is 4.56. The first-order valence-electron chi connectivity index (χ1n) is 11.6. The molecule has 0 radical (unpaired) electrons. The van der Waals surface area contributed by atoms with Crippen molar-refractivity contribution in [1.29, 1.82) is 0 Å². The number of allylic oxidation sites excluding steroid dienone is 2. The van der Waals surface area contributed by atoms with Gasteiger partial charge in [-0.15, -0.1) is 0 Å². The Balaban J connectivity index is 1.25. The van der Waals surface area contributed by atoms with Crippen molar-refractivity contribution >= 4 is 51.0 Å². The van der Waals surface area contributed by atoms with E-state index in [2.05, 4.69) is 27.3 Å². The van der Waals surface area contributed by atoms with Gasteiger partial charge in [0.1, 0.15) is 0 Å². The molecule has 2 fully saturated rings. The van der Waals surface area contributed by atoms with Crippen LogP contribution in [-0.2, 0) is 19.1 Å². The van der Waals surface area contributed by atoms with Crippen LogP contribution in [-0.4, -0.2) is 30.3 Å². The summed E-state index contributed by atoms with van der Waals surface area (Å²) in [6.45, 7) is 5.39. The molecule has 8 heteroatoms. The summed E-state index contributed by atoms with van der Waals surface area (Å²) in [4.78, 5) is 52.5. The van der Waals surface area contributed by atoms with Crippen LogP contribution in [0.15, 0.2) is 52.5 Å². The molecule has 0 aromatic heterocycles. The van der Waals surface area contributed by atoms with E-state index in [1.165, 1.54) is 22.6 Å². The Morgan fingerprint density at radius 2 is 1.80 bits per heavy atom. The third-order valence-electron chi connectivity index (χ3n) is 7.55. The zero-order chi connectivity index (χ0) is 25.0. The van der Waals surface area contributed by atoms with E-state index in [0.29, 0.717) is 11.4 Å². The van der Waals surface area contributed by atoms with Crippen molar-refractivity contribution in [2.45, 2.75) is 27.2 Å². The Labute approximate surface area is 211 Å². The van der Waals surface area contributed by atoms with Gasteiger partial charge in [0.25, 0.3) is 5.91 Å². The number of nitrogens with one attached hydrogen (secondary N) is 1. The Kier molecular flexibility index (Phi) is 5.87. The standard InChI is InChI=1S/C27H25BrN2O5/c1-13-9-17-11-19(13)24-23(17)25(32)30(26(24)33)18-6-4-5-16(10-18)27(34)35-12-22(31)29-21-8-7-20(28)14(2)15(21)3/h4-10,17,19,23-24H,11-12H2,1-3H3,(H,29,31)/t17-,19+,23+,24-/m0/s1. The number of rotatable bonds is 5. The Bertz CT molecular complexity index is 1320. The summed E-state index contributed by atoms with van der Waals surface area (Å²) in [5, 5.41) is 2.75. The molecule has 3 aliphatic rings. The summed E-state index contributed by atoms with van der Waals surface area (Å²) >= 11 is 3.45. The number of halogens is 1. The lowest BCUT2D eigenvalue weighted by Gasteiger charge is -2.19. The maximum Gasteiger partial charge on any atom is 0.338 e. The molecule has 180 valence electrons. The molecule has 1 saturated heterocycles. The Morgan fingerprint density at radius 3 is 2.57 bits per heavy atom. The van der Waals surface area contributed by atoms with Crippen LogP contribution in [0.2, 0.25) is 0 Å². The number of carbonyl (C=O) groups excluding carboxylic acids is 4. The fourth-order valence-corrected chi connectivity index (χ4v) is 6.05. The van der Waals surface area contributed by atoms with Crippen LogP contribution < -0.4 is 10.2 Å². The number of amides is 3. The van der Waals surface area contributed by atoms with Crippen LogP contribution in [0, 0.1) is 37.5 Å². The predicted molar refractivity (Wildman–Crippen MR) is 134 cm³/mol. The van der Waals surface area contributed by atoms with Crippen molar-refractivity contribution in [3.8, 4) is 0 Å². The molecule has 0 spiro atoms. The van der Waals surface area contributed by atoms with Crippen LogP contribution >= 0.6 is 15.9 Å². The van der Waals surface area contributed by atoms with Gasteiger partial charge in [-0.25, -0.2) is 9.69 Å². The van der Waals surface area contributed by atoms with Crippen LogP contribution in [0.25, 0.3) is 0 Å². The quantitative estimate of drug-likeness (QED) is 0.343. The van der Waals surface area contributed by atoms with Crippen molar-refractivity contribution < 1.29 is 23.9 Å². The maximum atomic E-state index is 13.2. The summed E-state index contributed by atoms with van der Waals surface area (Å²) < 4.78 is 6.14. The van der Waals surface area contributed by atoms with Crippen LogP contribution in [0.5, 0.6) is 0 Å². The number of ether oxygens (including phenoxy) is 1. The molecule has 35 heavy (non-hydrogen) atoms. The molecule has 4 atom stereocenters. The van der Waals surface area contributed by atoms with Crippen molar-refractivity contribution in [2.24, 2.45) is 23.7 Å². The number of fused-ring (bicyclic) bond motifs is 5. The number of esters is 1. The molecule has 2 bridgehead atoms. The lowest BCUT2D eigenvalue weighted by Crippen LogP contribution is -2.33. The van der Waals surface area contributed by atoms with E-state index < -0.39 is 18.5 Å². The van der Waals surface area contributed by atoms with Crippen molar-refractivity contribution in [3.05, 3.63) is 69.2 Å². The van der Waals surface area contributed by atoms with Crippen LogP contribution in [0.3, 0.4) is 0 Å². The minimum atomic E-state index is -0.706. The Hall–Kier alpha value is -3.26. The third-order valence-corrected chi connectivity index (χ3v) is 8.41. The second kappa shape index (κ2) is 8.75. The first-order valence-corrected chi connectivity index (χ1v) is 12.4. The largest absolute Gasteiger partial charge is 0.452 e. The average molecular weight is 537 g/mol. The average Bonchev–Trinajstić information content (AvgIpc) is 3.48. The number of imide groups is 1. The van der Waals surface area contributed by atoms with Gasteiger partial charge in [0.15, 0.2) is 6.61 Å². The van der Waals surface area contributed by atoms with Gasteiger partial charge in [-0.1, -0.05) is 33.6 Å². The first-order chi connectivity index (χ1) is 16.7. The van der Waals surface area contributed by atoms with Gasteiger partial charge in [0.05, 0.1) is 23.1 Å². The topological polar surface area (TPSA) is 92.8 Å². The number of carbonyl (C=O) groups is 4. The zero-order valence-electron chi connectivity index (χ0n) is 19.6. The molecule has 2 aromatic rings. The van der Waals surface area contributed by atoms with Gasteiger partial charge in [0.2, 0.25) is 11.8 Å². The molecule has 7 nitrogen and oxygen atoms in total. The van der Waals surface area contributed by atoms with E-state index in [9.17, 15) is 19.2 Å². The second-order valence-corrected chi connectivity index (χ2v) is 10.4. The molecule has 5 rings (SSSR count). The highest BCUT2D eigenvalue weighted by molar-refractivity contribution is 9.10. The first kappa shape index (κ1) is 23.5. The van der Waals surface area contributed by atoms with Crippen molar-refractivity contribution in [1.82, 2.24) is 0 Å². The lowest BCUT2D eigenvalue weighted by atomic mass is 9.82. The fraction of sp³-hybridized carbons (Fsp3) is 0.333. The molecule has 1 heterocycles. The van der Waals surface area contributed by atoms with E-state index in [0.717, 1.165) is 22.0 Å².